The van der Waals surface area contributed by atoms with E-state index < -0.39 is 10.0 Å². The van der Waals surface area contributed by atoms with Crippen molar-refractivity contribution < 1.29 is 8.42 Å². The van der Waals surface area contributed by atoms with E-state index in [4.69, 9.17) is 5.73 Å². The predicted molar refractivity (Wildman–Crippen MR) is 92.6 cm³/mol. The minimum Gasteiger partial charge on any atom is -0.370 e. The van der Waals surface area contributed by atoms with Gasteiger partial charge in [-0.1, -0.05) is 25.1 Å². The number of hydrogen-bond acceptors (Lipinski definition) is 3. The molecule has 1 atom stereocenters. The fourth-order valence-corrected chi connectivity index (χ4v) is 3.85. The molecule has 6 nitrogen and oxygen atoms in total. The topological polar surface area (TPSA) is 79.0 Å². The van der Waals surface area contributed by atoms with E-state index in [0.29, 0.717) is 17.4 Å². The summed E-state index contributed by atoms with van der Waals surface area (Å²) in [6.07, 6.45) is 2.33. The lowest BCUT2D eigenvalue weighted by atomic mass is 10.0. The van der Waals surface area contributed by atoms with Crippen LogP contribution in [0.3, 0.4) is 0 Å². The van der Waals surface area contributed by atoms with Crippen LogP contribution in [0.2, 0.25) is 0 Å². The summed E-state index contributed by atoms with van der Waals surface area (Å²) in [7, 11) is -0.426. The van der Waals surface area contributed by atoms with Crippen molar-refractivity contribution in [2.24, 2.45) is 16.6 Å². The maximum absolute atomic E-state index is 12.4. The van der Waals surface area contributed by atoms with Gasteiger partial charge in [-0.05, 0) is 30.4 Å². The summed E-state index contributed by atoms with van der Waals surface area (Å²) < 4.78 is 26.0. The molecule has 0 aliphatic carbocycles. The van der Waals surface area contributed by atoms with Crippen LogP contribution in [0.4, 0.5) is 0 Å². The summed E-state index contributed by atoms with van der Waals surface area (Å²) >= 11 is 0. The highest BCUT2D eigenvalue weighted by atomic mass is 32.2. The van der Waals surface area contributed by atoms with Gasteiger partial charge >= 0.3 is 0 Å². The zero-order valence-corrected chi connectivity index (χ0v) is 14.9. The van der Waals surface area contributed by atoms with E-state index in [2.05, 4.69) is 16.8 Å². The molecule has 0 saturated carbocycles. The van der Waals surface area contributed by atoms with Gasteiger partial charge in [-0.3, -0.25) is 0 Å². The number of guanidine groups is 1. The third kappa shape index (κ3) is 4.23. The van der Waals surface area contributed by atoms with Crippen molar-refractivity contribution in [1.82, 2.24) is 9.21 Å². The molecule has 1 aliphatic heterocycles. The lowest BCUT2D eigenvalue weighted by Crippen LogP contribution is -2.43. The Morgan fingerprint density at radius 2 is 2.09 bits per heavy atom. The Bertz CT molecular complexity index is 670. The van der Waals surface area contributed by atoms with E-state index in [1.165, 1.54) is 24.8 Å². The highest BCUT2D eigenvalue weighted by Gasteiger charge is 2.21. The second-order valence-electron chi connectivity index (χ2n) is 6.26. The maximum atomic E-state index is 12.4. The standard InChI is InChI=1S/C16H26N4O2S/c1-13-7-6-10-20(12-13)16(17)18-11-14-8-4-5-9-15(14)23(21,22)19(2)3/h4-5,8-9,13H,6-7,10-12H2,1-3H3,(H2,17,18). The van der Waals surface area contributed by atoms with E-state index in [1.807, 2.05) is 6.07 Å². The Labute approximate surface area is 139 Å². The lowest BCUT2D eigenvalue weighted by molar-refractivity contribution is 0.270. The second-order valence-corrected chi connectivity index (χ2v) is 8.38. The number of sulfonamides is 1. The van der Waals surface area contributed by atoms with E-state index in [-0.39, 0.29) is 11.4 Å². The Kier molecular flexibility index (Phi) is 5.64. The number of nitrogens with two attached hydrogens (primary N) is 1. The van der Waals surface area contributed by atoms with E-state index >= 15 is 0 Å². The van der Waals surface area contributed by atoms with Crippen LogP contribution in [0.1, 0.15) is 25.3 Å². The van der Waals surface area contributed by atoms with Crippen molar-refractivity contribution >= 4 is 16.0 Å². The Balaban J connectivity index is 2.19. The molecule has 7 heteroatoms. The van der Waals surface area contributed by atoms with Gasteiger partial charge in [-0.2, -0.15) is 0 Å². The minimum atomic E-state index is -3.48. The number of hydrogen-bond donors (Lipinski definition) is 1. The molecule has 1 heterocycles. The van der Waals surface area contributed by atoms with Crippen LogP contribution in [0.15, 0.2) is 34.2 Å². The first-order chi connectivity index (χ1) is 10.8. The quantitative estimate of drug-likeness (QED) is 0.666. The van der Waals surface area contributed by atoms with Gasteiger partial charge in [0.05, 0.1) is 11.4 Å². The summed E-state index contributed by atoms with van der Waals surface area (Å²) in [4.78, 5) is 6.79. The summed E-state index contributed by atoms with van der Waals surface area (Å²) in [6.45, 7) is 4.29. The number of piperidine rings is 1. The largest absolute Gasteiger partial charge is 0.370 e. The summed E-state index contributed by atoms with van der Waals surface area (Å²) in [5.74, 6) is 1.10. The van der Waals surface area contributed by atoms with Crippen LogP contribution in [-0.4, -0.2) is 50.8 Å². The molecular weight excluding hydrogens is 312 g/mol. The fraction of sp³-hybridized carbons (Fsp3) is 0.562. The Morgan fingerprint density at radius 3 is 2.74 bits per heavy atom. The molecule has 128 valence electrons. The molecule has 23 heavy (non-hydrogen) atoms. The Hall–Kier alpha value is -1.60. The van der Waals surface area contributed by atoms with Gasteiger partial charge in [-0.25, -0.2) is 17.7 Å². The molecular formula is C16H26N4O2S. The van der Waals surface area contributed by atoms with E-state index in [9.17, 15) is 8.42 Å². The Morgan fingerprint density at radius 1 is 1.39 bits per heavy atom. The molecule has 0 bridgehead atoms. The first-order valence-corrected chi connectivity index (χ1v) is 9.31. The van der Waals surface area contributed by atoms with Crippen LogP contribution in [0.25, 0.3) is 0 Å². The molecule has 1 aromatic carbocycles. The first kappa shape index (κ1) is 17.7. The van der Waals surface area contributed by atoms with Crippen molar-refractivity contribution in [3.05, 3.63) is 29.8 Å². The third-order valence-electron chi connectivity index (χ3n) is 4.12. The highest BCUT2D eigenvalue weighted by molar-refractivity contribution is 7.89. The van der Waals surface area contributed by atoms with Crippen molar-refractivity contribution in [1.29, 1.82) is 0 Å². The number of likely N-dealkylation sites (tertiary alicyclic amines) is 1. The molecule has 0 radical (unpaired) electrons. The van der Waals surface area contributed by atoms with Gasteiger partial charge in [0.2, 0.25) is 10.0 Å². The normalized spacial score (nSPS) is 20.1. The minimum absolute atomic E-state index is 0.264. The number of rotatable bonds is 4. The van der Waals surface area contributed by atoms with Gasteiger partial charge < -0.3 is 10.6 Å². The van der Waals surface area contributed by atoms with Crippen LogP contribution >= 0.6 is 0 Å². The molecule has 0 aromatic heterocycles. The summed E-state index contributed by atoms with van der Waals surface area (Å²) in [5.41, 5.74) is 6.75. The maximum Gasteiger partial charge on any atom is 0.242 e. The zero-order chi connectivity index (χ0) is 17.0. The molecule has 1 saturated heterocycles. The molecule has 2 N–H and O–H groups in total. The monoisotopic (exact) mass is 338 g/mol. The lowest BCUT2D eigenvalue weighted by Gasteiger charge is -2.31. The molecule has 1 aromatic rings. The second kappa shape index (κ2) is 7.31. The SMILES string of the molecule is CC1CCCN(C(N)=NCc2ccccc2S(=O)(=O)N(C)C)C1. The molecule has 2 rings (SSSR count). The fourth-order valence-electron chi connectivity index (χ4n) is 2.75. The molecule has 1 fully saturated rings. The number of nitrogens with zero attached hydrogens (tertiary/aromatic N) is 3. The number of aliphatic imine (C=N–C) groups is 1. The molecule has 1 unspecified atom stereocenters. The average molecular weight is 338 g/mol. The van der Waals surface area contributed by atoms with Gasteiger partial charge in [0.15, 0.2) is 5.96 Å². The molecule has 1 aliphatic rings. The summed E-state index contributed by atoms with van der Waals surface area (Å²) in [6, 6.07) is 6.93. The first-order valence-electron chi connectivity index (χ1n) is 7.87. The average Bonchev–Trinajstić information content (AvgIpc) is 2.52. The van der Waals surface area contributed by atoms with Gasteiger partial charge in [-0.15, -0.1) is 0 Å². The van der Waals surface area contributed by atoms with Crippen LogP contribution < -0.4 is 5.73 Å². The van der Waals surface area contributed by atoms with Gasteiger partial charge in [0.1, 0.15) is 0 Å². The molecule has 0 spiro atoms. The third-order valence-corrected chi connectivity index (χ3v) is 6.04. The van der Waals surface area contributed by atoms with E-state index in [0.717, 1.165) is 19.5 Å². The number of benzene rings is 1. The van der Waals surface area contributed by atoms with E-state index in [1.54, 1.807) is 18.2 Å². The summed E-state index contributed by atoms with van der Waals surface area (Å²) in [5, 5.41) is 0. The van der Waals surface area contributed by atoms with Crippen LogP contribution in [0.5, 0.6) is 0 Å². The van der Waals surface area contributed by atoms with Crippen LogP contribution in [-0.2, 0) is 16.6 Å². The smallest absolute Gasteiger partial charge is 0.242 e. The van der Waals surface area contributed by atoms with Crippen molar-refractivity contribution in [3.8, 4) is 0 Å². The van der Waals surface area contributed by atoms with Crippen LogP contribution in [0, 0.1) is 5.92 Å². The van der Waals surface area contributed by atoms with Crippen molar-refractivity contribution in [3.63, 3.8) is 0 Å². The van der Waals surface area contributed by atoms with Crippen molar-refractivity contribution in [2.75, 3.05) is 27.2 Å². The van der Waals surface area contributed by atoms with Gasteiger partial charge in [0, 0.05) is 27.2 Å². The highest BCUT2D eigenvalue weighted by Crippen LogP contribution is 2.20. The predicted octanol–water partition coefficient (Wildman–Crippen LogP) is 1.48. The molecule has 0 amide bonds. The van der Waals surface area contributed by atoms with Gasteiger partial charge in [0.25, 0.3) is 0 Å². The zero-order valence-electron chi connectivity index (χ0n) is 14.1. The van der Waals surface area contributed by atoms with Crippen molar-refractivity contribution in [2.45, 2.75) is 31.2 Å².